The highest BCUT2D eigenvalue weighted by Crippen LogP contribution is 2.28. The maximum absolute atomic E-state index is 12.1. The average Bonchev–Trinajstić information content (AvgIpc) is 2.69. The van der Waals surface area contributed by atoms with Crippen LogP contribution in [0, 0.1) is 19.8 Å². The maximum atomic E-state index is 12.1. The molecule has 0 aliphatic carbocycles. The van der Waals surface area contributed by atoms with Crippen molar-refractivity contribution >= 4 is 23.2 Å². The molecule has 1 aromatic rings. The van der Waals surface area contributed by atoms with Crippen molar-refractivity contribution in [2.24, 2.45) is 5.92 Å². The molecule has 3 nitrogen and oxygen atoms in total. The number of rotatable bonds is 3. The molecule has 4 heteroatoms. The van der Waals surface area contributed by atoms with Crippen molar-refractivity contribution in [1.29, 1.82) is 0 Å². The first kappa shape index (κ1) is 14.4. The Balaban J connectivity index is 1.99. The fourth-order valence-corrected chi connectivity index (χ4v) is 3.09. The summed E-state index contributed by atoms with van der Waals surface area (Å²) in [6.45, 7) is 6.06. The predicted octanol–water partition coefficient (Wildman–Crippen LogP) is 3.24. The first-order valence-corrected chi connectivity index (χ1v) is 7.08. The molecule has 2 rings (SSSR count). The van der Waals surface area contributed by atoms with E-state index in [1.165, 1.54) is 0 Å². The van der Waals surface area contributed by atoms with Crippen molar-refractivity contribution in [3.05, 3.63) is 28.3 Å². The molecule has 1 fully saturated rings. The number of benzene rings is 1. The lowest BCUT2D eigenvalue weighted by molar-refractivity contribution is -0.117. The zero-order valence-corrected chi connectivity index (χ0v) is 12.5. The Morgan fingerprint density at radius 3 is 2.79 bits per heavy atom. The van der Waals surface area contributed by atoms with Crippen molar-refractivity contribution in [3.63, 3.8) is 0 Å². The number of hydrogen-bond donors (Lipinski definition) is 1. The molecule has 1 atom stereocenters. The lowest BCUT2D eigenvalue weighted by Crippen LogP contribution is -2.20. The summed E-state index contributed by atoms with van der Waals surface area (Å²) in [5.74, 6) is 0.531. The van der Waals surface area contributed by atoms with Crippen LogP contribution in [0.1, 0.15) is 24.0 Å². The number of carbonyl (C=O) groups is 1. The summed E-state index contributed by atoms with van der Waals surface area (Å²) in [4.78, 5) is 14.3. The van der Waals surface area contributed by atoms with Crippen molar-refractivity contribution in [1.82, 2.24) is 4.90 Å². The molecular formula is C15H21ClN2O. The molecule has 1 heterocycles. The zero-order valence-electron chi connectivity index (χ0n) is 11.8. The van der Waals surface area contributed by atoms with Crippen LogP contribution in [-0.2, 0) is 4.79 Å². The van der Waals surface area contributed by atoms with E-state index < -0.39 is 0 Å². The lowest BCUT2D eigenvalue weighted by atomic mass is 10.0. The molecule has 1 amide bonds. The highest BCUT2D eigenvalue weighted by Gasteiger charge is 2.22. The number of carbonyl (C=O) groups excluding carboxylic acids is 1. The molecule has 1 unspecified atom stereocenters. The number of likely N-dealkylation sites (tertiary alicyclic amines) is 1. The second kappa shape index (κ2) is 5.93. The van der Waals surface area contributed by atoms with Gasteiger partial charge in [-0.25, -0.2) is 0 Å². The zero-order chi connectivity index (χ0) is 14.0. The number of amides is 1. The van der Waals surface area contributed by atoms with E-state index in [0.717, 1.165) is 36.3 Å². The van der Waals surface area contributed by atoms with Gasteiger partial charge in [-0.05, 0) is 57.0 Å². The van der Waals surface area contributed by atoms with E-state index in [9.17, 15) is 4.79 Å². The predicted molar refractivity (Wildman–Crippen MR) is 79.8 cm³/mol. The summed E-state index contributed by atoms with van der Waals surface area (Å²) >= 11 is 6.20. The smallest absolute Gasteiger partial charge is 0.224 e. The van der Waals surface area contributed by atoms with Crippen molar-refractivity contribution in [2.75, 3.05) is 25.5 Å². The Bertz CT molecular complexity index is 464. The molecule has 0 saturated carbocycles. The highest BCUT2D eigenvalue weighted by atomic mass is 35.5. The average molecular weight is 281 g/mol. The maximum Gasteiger partial charge on any atom is 0.224 e. The molecule has 1 aromatic carbocycles. The van der Waals surface area contributed by atoms with E-state index in [0.29, 0.717) is 17.4 Å². The SMILES string of the molecule is Cc1cc(C)c(NC(=O)CC2CCN(C)C2)c(Cl)c1. The summed E-state index contributed by atoms with van der Waals surface area (Å²) in [5.41, 5.74) is 2.88. The van der Waals surface area contributed by atoms with E-state index in [4.69, 9.17) is 11.6 Å². The summed E-state index contributed by atoms with van der Waals surface area (Å²) in [5, 5.41) is 3.58. The third kappa shape index (κ3) is 3.71. The number of aryl methyl sites for hydroxylation is 2. The van der Waals surface area contributed by atoms with E-state index in [1.807, 2.05) is 26.0 Å². The van der Waals surface area contributed by atoms with Gasteiger partial charge in [0.05, 0.1) is 10.7 Å². The Morgan fingerprint density at radius 2 is 2.21 bits per heavy atom. The molecule has 0 radical (unpaired) electrons. The number of halogens is 1. The first-order chi connectivity index (χ1) is 8.95. The highest BCUT2D eigenvalue weighted by molar-refractivity contribution is 6.34. The Labute approximate surface area is 119 Å². The number of hydrogen-bond acceptors (Lipinski definition) is 2. The van der Waals surface area contributed by atoms with Crippen molar-refractivity contribution in [2.45, 2.75) is 26.7 Å². The van der Waals surface area contributed by atoms with Gasteiger partial charge in [-0.15, -0.1) is 0 Å². The van der Waals surface area contributed by atoms with Gasteiger partial charge in [0.25, 0.3) is 0 Å². The van der Waals surface area contributed by atoms with Crippen molar-refractivity contribution < 1.29 is 4.79 Å². The number of anilines is 1. The van der Waals surface area contributed by atoms with Crippen LogP contribution in [0.3, 0.4) is 0 Å². The van der Waals surface area contributed by atoms with E-state index in [1.54, 1.807) is 0 Å². The lowest BCUT2D eigenvalue weighted by Gasteiger charge is -2.14. The van der Waals surface area contributed by atoms with Gasteiger partial charge in [-0.1, -0.05) is 17.7 Å². The fraction of sp³-hybridized carbons (Fsp3) is 0.533. The first-order valence-electron chi connectivity index (χ1n) is 6.71. The van der Waals surface area contributed by atoms with Crippen LogP contribution < -0.4 is 5.32 Å². The van der Waals surface area contributed by atoms with Crippen LogP contribution in [0.25, 0.3) is 0 Å². The standard InChI is InChI=1S/C15H21ClN2O/c1-10-6-11(2)15(13(16)7-10)17-14(19)8-12-4-5-18(3)9-12/h6-7,12H,4-5,8-9H2,1-3H3,(H,17,19). The van der Waals surface area contributed by atoms with Crippen LogP contribution in [0.4, 0.5) is 5.69 Å². The minimum Gasteiger partial charge on any atom is -0.325 e. The van der Waals surface area contributed by atoms with E-state index in [2.05, 4.69) is 17.3 Å². The second-order valence-electron chi connectivity index (χ2n) is 5.61. The molecule has 1 N–H and O–H groups in total. The van der Waals surface area contributed by atoms with Gasteiger partial charge in [0, 0.05) is 13.0 Å². The summed E-state index contributed by atoms with van der Waals surface area (Å²) in [6, 6.07) is 3.92. The molecule has 104 valence electrons. The third-order valence-electron chi connectivity index (χ3n) is 3.66. The minimum absolute atomic E-state index is 0.0640. The molecule has 0 spiro atoms. The second-order valence-corrected chi connectivity index (χ2v) is 6.02. The van der Waals surface area contributed by atoms with Gasteiger partial charge >= 0.3 is 0 Å². The number of nitrogens with zero attached hydrogens (tertiary/aromatic N) is 1. The van der Waals surface area contributed by atoms with Crippen LogP contribution in [0.5, 0.6) is 0 Å². The van der Waals surface area contributed by atoms with Crippen LogP contribution >= 0.6 is 11.6 Å². The summed E-state index contributed by atoms with van der Waals surface area (Å²) in [6.07, 6.45) is 1.68. The quantitative estimate of drug-likeness (QED) is 0.922. The Morgan fingerprint density at radius 1 is 1.47 bits per heavy atom. The van der Waals surface area contributed by atoms with Crippen LogP contribution in [0.2, 0.25) is 5.02 Å². The molecule has 1 aliphatic rings. The van der Waals surface area contributed by atoms with Crippen LogP contribution in [-0.4, -0.2) is 30.9 Å². The Hall–Kier alpha value is -1.06. The number of nitrogens with one attached hydrogen (secondary N) is 1. The minimum atomic E-state index is 0.0640. The van der Waals surface area contributed by atoms with Gasteiger partial charge < -0.3 is 10.2 Å². The Kier molecular flexibility index (Phi) is 4.48. The van der Waals surface area contributed by atoms with Crippen molar-refractivity contribution in [3.8, 4) is 0 Å². The van der Waals surface area contributed by atoms with Crippen LogP contribution in [0.15, 0.2) is 12.1 Å². The summed E-state index contributed by atoms with van der Waals surface area (Å²) < 4.78 is 0. The van der Waals surface area contributed by atoms with E-state index in [-0.39, 0.29) is 5.91 Å². The molecule has 19 heavy (non-hydrogen) atoms. The molecular weight excluding hydrogens is 260 g/mol. The largest absolute Gasteiger partial charge is 0.325 e. The normalized spacial score (nSPS) is 19.7. The molecule has 0 bridgehead atoms. The van der Waals surface area contributed by atoms with E-state index >= 15 is 0 Å². The van der Waals surface area contributed by atoms with Gasteiger partial charge in [0.2, 0.25) is 5.91 Å². The third-order valence-corrected chi connectivity index (χ3v) is 3.96. The topological polar surface area (TPSA) is 32.3 Å². The summed E-state index contributed by atoms with van der Waals surface area (Å²) in [7, 11) is 2.10. The van der Waals surface area contributed by atoms with Gasteiger partial charge in [0.1, 0.15) is 0 Å². The van der Waals surface area contributed by atoms with Gasteiger partial charge in [0.15, 0.2) is 0 Å². The fourth-order valence-electron chi connectivity index (χ4n) is 2.72. The molecule has 0 aromatic heterocycles. The van der Waals surface area contributed by atoms with Gasteiger partial charge in [-0.2, -0.15) is 0 Å². The monoisotopic (exact) mass is 280 g/mol. The molecule has 1 saturated heterocycles. The van der Waals surface area contributed by atoms with Gasteiger partial charge in [-0.3, -0.25) is 4.79 Å². The molecule has 1 aliphatic heterocycles.